The maximum atomic E-state index is 12.9. The average Bonchev–Trinajstić information content (AvgIpc) is 3.49. The number of hydrogen-bond donors (Lipinski definition) is 2. The predicted molar refractivity (Wildman–Crippen MR) is 120 cm³/mol. The molecule has 34 heavy (non-hydrogen) atoms. The molecule has 0 saturated carbocycles. The van der Waals surface area contributed by atoms with E-state index in [0.29, 0.717) is 17.4 Å². The maximum Gasteiger partial charge on any atom is 0.416 e. The summed E-state index contributed by atoms with van der Waals surface area (Å²) >= 11 is 1.51. The Hall–Kier alpha value is -3.99. The Morgan fingerprint density at radius 2 is 1.76 bits per heavy atom. The summed E-state index contributed by atoms with van der Waals surface area (Å²) < 4.78 is 43.8. The first-order valence-electron chi connectivity index (χ1n) is 10.0. The maximum absolute atomic E-state index is 12.9. The van der Waals surface area contributed by atoms with Gasteiger partial charge in [0, 0.05) is 40.7 Å². The Labute approximate surface area is 195 Å². The zero-order valence-electron chi connectivity index (χ0n) is 17.4. The molecule has 0 unspecified atom stereocenters. The fourth-order valence-corrected chi connectivity index (χ4v) is 3.66. The highest BCUT2D eigenvalue weighted by atomic mass is 32.1. The van der Waals surface area contributed by atoms with Gasteiger partial charge in [-0.3, -0.25) is 9.59 Å². The molecule has 0 aliphatic rings. The first-order chi connectivity index (χ1) is 16.3. The second kappa shape index (κ2) is 9.87. The van der Waals surface area contributed by atoms with E-state index in [1.165, 1.54) is 35.6 Å². The number of halogens is 3. The minimum atomic E-state index is -4.52. The quantitative estimate of drug-likeness (QED) is 0.352. The number of aromatic nitrogens is 2. The van der Waals surface area contributed by atoms with E-state index in [2.05, 4.69) is 20.8 Å². The summed E-state index contributed by atoms with van der Waals surface area (Å²) in [5, 5.41) is 12.8. The third kappa shape index (κ3) is 5.87. The van der Waals surface area contributed by atoms with Crippen LogP contribution >= 0.6 is 11.3 Å². The van der Waals surface area contributed by atoms with Gasteiger partial charge in [0.05, 0.1) is 5.56 Å². The number of rotatable bonds is 7. The van der Waals surface area contributed by atoms with E-state index in [9.17, 15) is 22.8 Å². The van der Waals surface area contributed by atoms with Crippen LogP contribution in [0.1, 0.15) is 28.2 Å². The van der Waals surface area contributed by atoms with E-state index in [-0.39, 0.29) is 30.0 Å². The van der Waals surface area contributed by atoms with E-state index in [1.807, 2.05) is 16.8 Å². The first-order valence-corrected chi connectivity index (χ1v) is 11.0. The molecule has 4 rings (SSSR count). The molecule has 0 saturated heterocycles. The van der Waals surface area contributed by atoms with Crippen molar-refractivity contribution in [3.63, 3.8) is 0 Å². The highest BCUT2D eigenvalue weighted by molar-refractivity contribution is 7.08. The molecule has 2 N–H and O–H groups in total. The number of benzene rings is 2. The van der Waals surface area contributed by atoms with Crippen molar-refractivity contribution in [2.24, 2.45) is 0 Å². The molecular weight excluding hydrogens is 469 g/mol. The van der Waals surface area contributed by atoms with Gasteiger partial charge < -0.3 is 15.2 Å². The molecule has 11 heteroatoms. The van der Waals surface area contributed by atoms with Crippen LogP contribution in [0.2, 0.25) is 0 Å². The van der Waals surface area contributed by atoms with Crippen LogP contribution in [0.5, 0.6) is 0 Å². The Balaban J connectivity index is 1.34. The van der Waals surface area contributed by atoms with Crippen LogP contribution < -0.4 is 10.6 Å². The van der Waals surface area contributed by atoms with Crippen molar-refractivity contribution in [3.8, 4) is 11.4 Å². The number of nitrogens with zero attached hydrogens (tertiary/aromatic N) is 2. The zero-order valence-corrected chi connectivity index (χ0v) is 18.2. The largest absolute Gasteiger partial charge is 0.416 e. The number of amides is 2. The number of aryl methyl sites for hydroxylation is 1. The Bertz CT molecular complexity index is 1300. The topological polar surface area (TPSA) is 97.1 Å². The van der Waals surface area contributed by atoms with Gasteiger partial charge in [0.25, 0.3) is 5.91 Å². The fraction of sp³-hybridized carbons (Fsp3) is 0.130. The van der Waals surface area contributed by atoms with E-state index < -0.39 is 17.6 Å². The molecular formula is C23H17F3N4O3S. The summed E-state index contributed by atoms with van der Waals surface area (Å²) in [6.45, 7) is 0. The first kappa shape index (κ1) is 23.2. The van der Waals surface area contributed by atoms with Crippen LogP contribution in [-0.4, -0.2) is 22.0 Å². The number of nitrogens with one attached hydrogen (secondary N) is 2. The minimum absolute atomic E-state index is 0.00985. The lowest BCUT2D eigenvalue weighted by molar-refractivity contribution is -0.137. The normalized spacial score (nSPS) is 11.3. The molecule has 4 aromatic rings. The number of anilines is 2. The molecule has 2 heterocycles. The van der Waals surface area contributed by atoms with Gasteiger partial charge in [0.1, 0.15) is 0 Å². The molecule has 2 amide bonds. The molecule has 174 valence electrons. The fourth-order valence-electron chi connectivity index (χ4n) is 3.02. The van der Waals surface area contributed by atoms with Crippen molar-refractivity contribution in [1.29, 1.82) is 0 Å². The smallest absolute Gasteiger partial charge is 0.339 e. The van der Waals surface area contributed by atoms with Crippen molar-refractivity contribution in [2.45, 2.75) is 19.0 Å². The van der Waals surface area contributed by atoms with Crippen molar-refractivity contribution in [3.05, 3.63) is 82.4 Å². The number of thiophene rings is 1. The van der Waals surface area contributed by atoms with Gasteiger partial charge in [-0.2, -0.15) is 29.5 Å². The Kier molecular flexibility index (Phi) is 6.73. The van der Waals surface area contributed by atoms with Crippen LogP contribution in [0.3, 0.4) is 0 Å². The van der Waals surface area contributed by atoms with Gasteiger partial charge >= 0.3 is 6.18 Å². The van der Waals surface area contributed by atoms with E-state index in [1.54, 1.807) is 12.1 Å². The standard InChI is InChI=1S/C23H17F3N4O3S/c24-23(25,26)16-4-2-6-18(12-16)28-22(32)14-3-1-5-17(11-14)27-19(31)7-8-20-29-21(30-33-20)15-9-10-34-13-15/h1-6,9-13H,7-8H2,(H,27,31)(H,28,32). The van der Waals surface area contributed by atoms with Gasteiger partial charge in [0.15, 0.2) is 0 Å². The van der Waals surface area contributed by atoms with Gasteiger partial charge in [-0.1, -0.05) is 17.3 Å². The number of hydrogen-bond acceptors (Lipinski definition) is 6. The summed E-state index contributed by atoms with van der Waals surface area (Å²) in [5.74, 6) is -0.158. The van der Waals surface area contributed by atoms with Crippen LogP contribution in [0.25, 0.3) is 11.4 Å². The lowest BCUT2D eigenvalue weighted by Crippen LogP contribution is -2.15. The molecule has 7 nitrogen and oxygen atoms in total. The van der Waals surface area contributed by atoms with E-state index >= 15 is 0 Å². The van der Waals surface area contributed by atoms with Crippen molar-refractivity contribution < 1.29 is 27.3 Å². The minimum Gasteiger partial charge on any atom is -0.339 e. The summed E-state index contributed by atoms with van der Waals surface area (Å²) in [5.41, 5.74) is 0.522. The third-order valence-electron chi connectivity index (χ3n) is 4.67. The highest BCUT2D eigenvalue weighted by Gasteiger charge is 2.30. The molecule has 0 aliphatic heterocycles. The number of carbonyl (C=O) groups excluding carboxylic acids is 2. The van der Waals surface area contributed by atoms with Crippen LogP contribution in [-0.2, 0) is 17.4 Å². The zero-order chi connectivity index (χ0) is 24.1. The number of carbonyl (C=O) groups is 2. The second-order valence-corrected chi connectivity index (χ2v) is 7.97. The molecule has 0 spiro atoms. The molecule has 2 aromatic carbocycles. The molecule has 2 aromatic heterocycles. The molecule has 0 bridgehead atoms. The molecule has 0 atom stereocenters. The Morgan fingerprint density at radius 3 is 2.50 bits per heavy atom. The number of alkyl halides is 3. The van der Waals surface area contributed by atoms with Crippen molar-refractivity contribution >= 4 is 34.5 Å². The monoisotopic (exact) mass is 486 g/mol. The summed E-state index contributed by atoms with van der Waals surface area (Å²) in [6.07, 6.45) is -4.21. The average molecular weight is 486 g/mol. The van der Waals surface area contributed by atoms with E-state index in [0.717, 1.165) is 17.7 Å². The van der Waals surface area contributed by atoms with Gasteiger partial charge in [-0.15, -0.1) is 0 Å². The Morgan fingerprint density at radius 1 is 1.00 bits per heavy atom. The summed E-state index contributed by atoms with van der Waals surface area (Å²) in [4.78, 5) is 29.1. The van der Waals surface area contributed by atoms with Gasteiger partial charge in [-0.05, 0) is 47.8 Å². The van der Waals surface area contributed by atoms with Crippen LogP contribution in [0, 0.1) is 0 Å². The third-order valence-corrected chi connectivity index (χ3v) is 5.35. The molecule has 0 fully saturated rings. The predicted octanol–water partition coefficient (Wildman–Crippen LogP) is 5.64. The summed E-state index contributed by atoms with van der Waals surface area (Å²) in [7, 11) is 0. The van der Waals surface area contributed by atoms with Gasteiger partial charge in [-0.25, -0.2) is 0 Å². The second-order valence-electron chi connectivity index (χ2n) is 7.19. The summed E-state index contributed by atoms with van der Waals surface area (Å²) in [6, 6.07) is 12.3. The van der Waals surface area contributed by atoms with Crippen LogP contribution in [0.15, 0.2) is 69.9 Å². The van der Waals surface area contributed by atoms with E-state index in [4.69, 9.17) is 4.52 Å². The van der Waals surface area contributed by atoms with Crippen LogP contribution in [0.4, 0.5) is 24.5 Å². The van der Waals surface area contributed by atoms with Gasteiger partial charge in [0.2, 0.25) is 17.6 Å². The lowest BCUT2D eigenvalue weighted by atomic mass is 10.1. The SMILES string of the molecule is O=C(CCc1nc(-c2ccsc2)no1)Nc1cccc(C(=O)Nc2cccc(C(F)(F)F)c2)c1. The lowest BCUT2D eigenvalue weighted by Gasteiger charge is -2.11. The highest BCUT2D eigenvalue weighted by Crippen LogP contribution is 2.30. The van der Waals surface area contributed by atoms with Crippen molar-refractivity contribution in [2.75, 3.05) is 10.6 Å². The molecule has 0 radical (unpaired) electrons. The molecule has 0 aliphatic carbocycles. The van der Waals surface area contributed by atoms with Crippen molar-refractivity contribution in [1.82, 2.24) is 10.1 Å².